The van der Waals surface area contributed by atoms with Crippen molar-refractivity contribution in [2.45, 2.75) is 13.8 Å². The van der Waals surface area contributed by atoms with Gasteiger partial charge in [0.1, 0.15) is 5.75 Å². The summed E-state index contributed by atoms with van der Waals surface area (Å²) in [6.45, 7) is 5.12. The summed E-state index contributed by atoms with van der Waals surface area (Å²) in [7, 11) is 0. The van der Waals surface area contributed by atoms with Gasteiger partial charge in [-0.1, -0.05) is 36.4 Å². The molecular weight excluding hydrogens is 250 g/mol. The van der Waals surface area contributed by atoms with Crippen LogP contribution in [-0.4, -0.2) is 29.0 Å². The molecule has 0 fully saturated rings. The first-order chi connectivity index (χ1) is 9.67. The second kappa shape index (κ2) is 6.24. The fourth-order valence-corrected chi connectivity index (χ4v) is 2.20. The Morgan fingerprint density at radius 3 is 2.20 bits per heavy atom. The van der Waals surface area contributed by atoms with Crippen molar-refractivity contribution in [2.24, 2.45) is 0 Å². The highest BCUT2D eigenvalue weighted by molar-refractivity contribution is 5.97. The molecule has 0 unspecified atom stereocenters. The molecule has 0 atom stereocenters. The van der Waals surface area contributed by atoms with Gasteiger partial charge in [-0.2, -0.15) is 0 Å². The largest absolute Gasteiger partial charge is 0.507 e. The third kappa shape index (κ3) is 2.82. The lowest BCUT2D eigenvalue weighted by Gasteiger charge is -2.19. The maximum Gasteiger partial charge on any atom is 0.257 e. The van der Waals surface area contributed by atoms with Gasteiger partial charge in [0.25, 0.3) is 5.91 Å². The van der Waals surface area contributed by atoms with Crippen LogP contribution >= 0.6 is 0 Å². The van der Waals surface area contributed by atoms with Crippen molar-refractivity contribution < 1.29 is 9.90 Å². The van der Waals surface area contributed by atoms with Crippen molar-refractivity contribution in [3.8, 4) is 16.9 Å². The van der Waals surface area contributed by atoms with Crippen LogP contribution in [0.25, 0.3) is 11.1 Å². The minimum Gasteiger partial charge on any atom is -0.507 e. The van der Waals surface area contributed by atoms with Crippen molar-refractivity contribution in [1.29, 1.82) is 0 Å². The van der Waals surface area contributed by atoms with E-state index in [0.29, 0.717) is 18.7 Å². The third-order valence-electron chi connectivity index (χ3n) is 3.39. The fraction of sp³-hybridized carbons (Fsp3) is 0.235. The number of amides is 1. The molecule has 0 aromatic heterocycles. The monoisotopic (exact) mass is 269 g/mol. The summed E-state index contributed by atoms with van der Waals surface area (Å²) in [5.74, 6) is -0.102. The summed E-state index contributed by atoms with van der Waals surface area (Å²) < 4.78 is 0. The van der Waals surface area contributed by atoms with Crippen LogP contribution in [0.3, 0.4) is 0 Å². The Hall–Kier alpha value is -2.29. The number of nitrogens with zero attached hydrogens (tertiary/aromatic N) is 1. The van der Waals surface area contributed by atoms with E-state index in [1.807, 2.05) is 50.2 Å². The van der Waals surface area contributed by atoms with E-state index in [0.717, 1.165) is 11.1 Å². The van der Waals surface area contributed by atoms with E-state index in [4.69, 9.17) is 0 Å². The van der Waals surface area contributed by atoms with Crippen molar-refractivity contribution in [3.63, 3.8) is 0 Å². The maximum atomic E-state index is 12.2. The number of carbonyl (C=O) groups is 1. The molecule has 1 N–H and O–H groups in total. The predicted molar refractivity (Wildman–Crippen MR) is 80.8 cm³/mol. The lowest BCUT2D eigenvalue weighted by Crippen LogP contribution is -2.30. The molecule has 0 heterocycles. The SMILES string of the molecule is CCN(CC)C(=O)c1ccc(-c2ccccc2)cc1O. The molecule has 0 bridgehead atoms. The van der Waals surface area contributed by atoms with Gasteiger partial charge in [0, 0.05) is 13.1 Å². The number of carbonyl (C=O) groups excluding carboxylic acids is 1. The van der Waals surface area contributed by atoms with Gasteiger partial charge in [-0.15, -0.1) is 0 Å². The summed E-state index contributed by atoms with van der Waals surface area (Å²) in [5, 5.41) is 10.1. The standard InChI is InChI=1S/C17H19NO2/c1-3-18(4-2)17(20)15-11-10-14(12-16(15)19)13-8-6-5-7-9-13/h5-12,19H,3-4H2,1-2H3. The Kier molecular flexibility index (Phi) is 4.41. The molecule has 2 aromatic carbocycles. The lowest BCUT2D eigenvalue weighted by atomic mass is 10.0. The van der Waals surface area contributed by atoms with E-state index in [-0.39, 0.29) is 11.7 Å². The second-order valence-electron chi connectivity index (χ2n) is 4.58. The summed E-state index contributed by atoms with van der Waals surface area (Å²) in [6, 6.07) is 15.0. The smallest absolute Gasteiger partial charge is 0.257 e. The summed E-state index contributed by atoms with van der Waals surface area (Å²) >= 11 is 0. The quantitative estimate of drug-likeness (QED) is 0.922. The Balaban J connectivity index is 2.33. The van der Waals surface area contributed by atoms with E-state index >= 15 is 0 Å². The van der Waals surface area contributed by atoms with Gasteiger partial charge in [-0.05, 0) is 37.1 Å². The lowest BCUT2D eigenvalue weighted by molar-refractivity contribution is 0.0770. The highest BCUT2D eigenvalue weighted by Crippen LogP contribution is 2.27. The topological polar surface area (TPSA) is 40.5 Å². The molecule has 2 rings (SSSR count). The van der Waals surface area contributed by atoms with Gasteiger partial charge < -0.3 is 10.0 Å². The molecule has 0 radical (unpaired) electrons. The number of hydrogen-bond donors (Lipinski definition) is 1. The Labute approximate surface area is 119 Å². The Morgan fingerprint density at radius 1 is 1.00 bits per heavy atom. The number of phenols is 1. The molecule has 0 aliphatic rings. The van der Waals surface area contributed by atoms with Crippen LogP contribution in [0, 0.1) is 0 Å². The van der Waals surface area contributed by atoms with Gasteiger partial charge in [0.15, 0.2) is 0 Å². The minimum atomic E-state index is -0.132. The van der Waals surface area contributed by atoms with E-state index in [9.17, 15) is 9.90 Å². The second-order valence-corrected chi connectivity index (χ2v) is 4.58. The first-order valence-corrected chi connectivity index (χ1v) is 6.85. The Bertz CT molecular complexity index is 589. The van der Waals surface area contributed by atoms with Crippen LogP contribution in [-0.2, 0) is 0 Å². The average molecular weight is 269 g/mol. The zero-order valence-electron chi connectivity index (χ0n) is 11.8. The number of benzene rings is 2. The van der Waals surface area contributed by atoms with Crippen LogP contribution in [0.5, 0.6) is 5.75 Å². The van der Waals surface area contributed by atoms with Crippen LogP contribution < -0.4 is 0 Å². The molecule has 0 aliphatic heterocycles. The van der Waals surface area contributed by atoms with Crippen molar-refractivity contribution in [1.82, 2.24) is 4.90 Å². The Morgan fingerprint density at radius 2 is 1.65 bits per heavy atom. The first-order valence-electron chi connectivity index (χ1n) is 6.85. The molecular formula is C17H19NO2. The maximum absolute atomic E-state index is 12.2. The molecule has 0 saturated heterocycles. The summed E-state index contributed by atoms with van der Waals surface area (Å²) in [5.41, 5.74) is 2.28. The molecule has 0 spiro atoms. The van der Waals surface area contributed by atoms with E-state index in [1.165, 1.54) is 0 Å². The van der Waals surface area contributed by atoms with Crippen LogP contribution in [0.2, 0.25) is 0 Å². The van der Waals surface area contributed by atoms with Gasteiger partial charge >= 0.3 is 0 Å². The number of phenolic OH excluding ortho intramolecular Hbond substituents is 1. The van der Waals surface area contributed by atoms with Crippen molar-refractivity contribution in [3.05, 3.63) is 54.1 Å². The minimum absolute atomic E-state index is 0.0308. The van der Waals surface area contributed by atoms with Crippen molar-refractivity contribution in [2.75, 3.05) is 13.1 Å². The van der Waals surface area contributed by atoms with E-state index in [1.54, 1.807) is 17.0 Å². The molecule has 20 heavy (non-hydrogen) atoms. The fourth-order valence-electron chi connectivity index (χ4n) is 2.20. The van der Waals surface area contributed by atoms with Gasteiger partial charge in [0.05, 0.1) is 5.56 Å². The molecule has 2 aromatic rings. The van der Waals surface area contributed by atoms with Gasteiger partial charge in [-0.3, -0.25) is 4.79 Å². The molecule has 3 nitrogen and oxygen atoms in total. The average Bonchev–Trinajstić information content (AvgIpc) is 2.49. The van der Waals surface area contributed by atoms with Crippen LogP contribution in [0.1, 0.15) is 24.2 Å². The summed E-state index contributed by atoms with van der Waals surface area (Å²) in [4.78, 5) is 13.9. The van der Waals surface area contributed by atoms with Crippen LogP contribution in [0.4, 0.5) is 0 Å². The molecule has 104 valence electrons. The molecule has 3 heteroatoms. The third-order valence-corrected chi connectivity index (χ3v) is 3.39. The van der Waals surface area contributed by atoms with E-state index < -0.39 is 0 Å². The molecule has 1 amide bonds. The zero-order valence-corrected chi connectivity index (χ0v) is 11.8. The highest BCUT2D eigenvalue weighted by Gasteiger charge is 2.16. The highest BCUT2D eigenvalue weighted by atomic mass is 16.3. The van der Waals surface area contributed by atoms with Gasteiger partial charge in [-0.25, -0.2) is 0 Å². The van der Waals surface area contributed by atoms with Crippen LogP contribution in [0.15, 0.2) is 48.5 Å². The number of hydrogen-bond acceptors (Lipinski definition) is 2. The van der Waals surface area contributed by atoms with Gasteiger partial charge in [0.2, 0.25) is 0 Å². The number of aromatic hydroxyl groups is 1. The molecule has 0 aliphatic carbocycles. The first kappa shape index (κ1) is 14.1. The number of rotatable bonds is 4. The predicted octanol–water partition coefficient (Wildman–Crippen LogP) is 3.54. The summed E-state index contributed by atoms with van der Waals surface area (Å²) in [6.07, 6.45) is 0. The van der Waals surface area contributed by atoms with Crippen molar-refractivity contribution >= 4 is 5.91 Å². The van der Waals surface area contributed by atoms with E-state index in [2.05, 4.69) is 0 Å². The normalized spacial score (nSPS) is 10.3. The zero-order chi connectivity index (χ0) is 14.5. The molecule has 0 saturated carbocycles.